The number of nitrogens with two attached hydrogens (primary N) is 1. The zero-order valence-corrected chi connectivity index (χ0v) is 11.9. The number of carbonyl (C=O) groups is 2. The standard InChI is InChI=1S/C11H12BrClN2O3/c1-18-11(17)9(5-10(14)16)15-6-2-3-8(13)7(12)4-6/h2-4,9,15H,5H2,1H3,(H2,14,16). The minimum atomic E-state index is -0.819. The third kappa shape index (κ3) is 4.19. The van der Waals surface area contributed by atoms with Crippen molar-refractivity contribution in [3.05, 3.63) is 27.7 Å². The number of rotatable bonds is 5. The molecule has 1 rings (SSSR count). The molecular weight excluding hydrogens is 323 g/mol. The number of hydrogen-bond donors (Lipinski definition) is 2. The zero-order chi connectivity index (χ0) is 13.7. The number of halogens is 2. The first kappa shape index (κ1) is 14.8. The maximum absolute atomic E-state index is 11.5. The van der Waals surface area contributed by atoms with E-state index < -0.39 is 17.9 Å². The highest BCUT2D eigenvalue weighted by atomic mass is 79.9. The van der Waals surface area contributed by atoms with E-state index in [2.05, 4.69) is 26.0 Å². The van der Waals surface area contributed by atoms with E-state index in [1.807, 2.05) is 0 Å². The first-order valence-corrected chi connectivity index (χ1v) is 6.19. The van der Waals surface area contributed by atoms with Crippen molar-refractivity contribution in [1.29, 1.82) is 0 Å². The van der Waals surface area contributed by atoms with Crippen molar-refractivity contribution in [2.24, 2.45) is 5.73 Å². The summed E-state index contributed by atoms with van der Waals surface area (Å²) in [5, 5.41) is 3.41. The molecular formula is C11H12BrClN2O3. The van der Waals surface area contributed by atoms with Crippen LogP contribution in [0.25, 0.3) is 0 Å². The predicted molar refractivity (Wildman–Crippen MR) is 72.4 cm³/mol. The average molecular weight is 336 g/mol. The summed E-state index contributed by atoms with van der Waals surface area (Å²) in [5.41, 5.74) is 5.70. The molecule has 5 nitrogen and oxygen atoms in total. The summed E-state index contributed by atoms with van der Waals surface area (Å²) in [7, 11) is 1.25. The Bertz CT molecular complexity index is 468. The number of esters is 1. The Kier molecular flexibility index (Phi) is 5.43. The van der Waals surface area contributed by atoms with Gasteiger partial charge in [0.05, 0.1) is 18.6 Å². The normalized spacial score (nSPS) is 11.7. The molecule has 0 fully saturated rings. The molecule has 7 heteroatoms. The molecule has 0 aliphatic heterocycles. The molecule has 1 amide bonds. The Balaban J connectivity index is 2.85. The maximum Gasteiger partial charge on any atom is 0.328 e. The van der Waals surface area contributed by atoms with Gasteiger partial charge < -0.3 is 15.8 Å². The predicted octanol–water partition coefficient (Wildman–Crippen LogP) is 1.93. The SMILES string of the molecule is COC(=O)C(CC(N)=O)Nc1ccc(Cl)c(Br)c1. The van der Waals surface area contributed by atoms with Crippen LogP contribution in [-0.4, -0.2) is 25.0 Å². The number of benzene rings is 1. The lowest BCUT2D eigenvalue weighted by Gasteiger charge is -2.16. The van der Waals surface area contributed by atoms with Gasteiger partial charge in [0.25, 0.3) is 0 Å². The van der Waals surface area contributed by atoms with E-state index in [0.717, 1.165) is 0 Å². The molecule has 0 spiro atoms. The second kappa shape index (κ2) is 6.61. The van der Waals surface area contributed by atoms with E-state index in [0.29, 0.717) is 15.2 Å². The van der Waals surface area contributed by atoms with E-state index in [1.54, 1.807) is 18.2 Å². The molecule has 1 unspecified atom stereocenters. The molecule has 0 aliphatic rings. The topological polar surface area (TPSA) is 81.4 Å². The first-order valence-electron chi connectivity index (χ1n) is 5.01. The van der Waals surface area contributed by atoms with Crippen molar-refractivity contribution in [2.45, 2.75) is 12.5 Å². The summed E-state index contributed by atoms with van der Waals surface area (Å²) in [6.07, 6.45) is -0.146. The van der Waals surface area contributed by atoms with Crippen LogP contribution in [0.3, 0.4) is 0 Å². The summed E-state index contributed by atoms with van der Waals surface area (Å²) in [4.78, 5) is 22.4. The smallest absolute Gasteiger partial charge is 0.328 e. The lowest BCUT2D eigenvalue weighted by molar-refractivity contribution is -0.142. The van der Waals surface area contributed by atoms with Crippen molar-refractivity contribution in [1.82, 2.24) is 0 Å². The van der Waals surface area contributed by atoms with E-state index in [-0.39, 0.29) is 6.42 Å². The van der Waals surface area contributed by atoms with Gasteiger partial charge in [0.1, 0.15) is 6.04 Å². The molecule has 0 heterocycles. The molecule has 1 aromatic carbocycles. The van der Waals surface area contributed by atoms with Crippen LogP contribution in [0.5, 0.6) is 0 Å². The second-order valence-corrected chi connectivity index (χ2v) is 4.78. The van der Waals surface area contributed by atoms with Gasteiger partial charge in [-0.2, -0.15) is 0 Å². The van der Waals surface area contributed by atoms with Crippen molar-refractivity contribution >= 4 is 45.1 Å². The molecule has 0 aromatic heterocycles. The number of hydrogen-bond acceptors (Lipinski definition) is 4. The number of methoxy groups -OCH3 is 1. The van der Waals surface area contributed by atoms with Gasteiger partial charge in [-0.1, -0.05) is 11.6 Å². The van der Waals surface area contributed by atoms with Crippen molar-refractivity contribution in [3.8, 4) is 0 Å². The molecule has 1 atom stereocenters. The van der Waals surface area contributed by atoms with Crippen molar-refractivity contribution < 1.29 is 14.3 Å². The monoisotopic (exact) mass is 334 g/mol. The number of ether oxygens (including phenoxy) is 1. The Hall–Kier alpha value is -1.27. The van der Waals surface area contributed by atoms with Gasteiger partial charge in [0.15, 0.2) is 0 Å². The highest BCUT2D eigenvalue weighted by molar-refractivity contribution is 9.10. The van der Waals surface area contributed by atoms with Crippen LogP contribution in [-0.2, 0) is 14.3 Å². The summed E-state index contributed by atoms with van der Waals surface area (Å²) in [5.74, 6) is -1.15. The van der Waals surface area contributed by atoms with Crippen molar-refractivity contribution in [2.75, 3.05) is 12.4 Å². The average Bonchev–Trinajstić information content (AvgIpc) is 2.31. The largest absolute Gasteiger partial charge is 0.467 e. The van der Waals surface area contributed by atoms with Gasteiger partial charge in [-0.15, -0.1) is 0 Å². The lowest BCUT2D eigenvalue weighted by Crippen LogP contribution is -2.35. The second-order valence-electron chi connectivity index (χ2n) is 3.52. The number of primary amides is 1. The summed E-state index contributed by atoms with van der Waals surface area (Å²) in [6, 6.07) is 4.22. The van der Waals surface area contributed by atoms with Gasteiger partial charge in [-0.05, 0) is 34.1 Å². The van der Waals surface area contributed by atoms with Gasteiger partial charge >= 0.3 is 5.97 Å². The fourth-order valence-corrected chi connectivity index (χ4v) is 1.82. The third-order valence-electron chi connectivity index (χ3n) is 2.15. The van der Waals surface area contributed by atoms with Gasteiger partial charge in [0.2, 0.25) is 5.91 Å². The van der Waals surface area contributed by atoms with E-state index in [4.69, 9.17) is 17.3 Å². The summed E-state index contributed by atoms with van der Waals surface area (Å²) >= 11 is 9.11. The molecule has 18 heavy (non-hydrogen) atoms. The van der Waals surface area contributed by atoms with Gasteiger partial charge in [0, 0.05) is 10.2 Å². The number of anilines is 1. The highest BCUT2D eigenvalue weighted by Crippen LogP contribution is 2.26. The molecule has 0 radical (unpaired) electrons. The maximum atomic E-state index is 11.5. The van der Waals surface area contributed by atoms with E-state index in [9.17, 15) is 9.59 Å². The highest BCUT2D eigenvalue weighted by Gasteiger charge is 2.21. The van der Waals surface area contributed by atoms with Crippen molar-refractivity contribution in [3.63, 3.8) is 0 Å². The number of amides is 1. The van der Waals surface area contributed by atoms with E-state index >= 15 is 0 Å². The van der Waals surface area contributed by atoms with Gasteiger partial charge in [-0.25, -0.2) is 4.79 Å². The van der Waals surface area contributed by atoms with Gasteiger partial charge in [-0.3, -0.25) is 4.79 Å². The molecule has 0 aliphatic carbocycles. The minimum Gasteiger partial charge on any atom is -0.467 e. The quantitative estimate of drug-likeness (QED) is 0.806. The molecule has 1 aromatic rings. The first-order chi connectivity index (χ1) is 8.43. The minimum absolute atomic E-state index is 0.146. The van der Waals surface area contributed by atoms with Crippen LogP contribution in [0.2, 0.25) is 5.02 Å². The molecule has 0 saturated heterocycles. The van der Waals surface area contributed by atoms with Crippen LogP contribution in [0.1, 0.15) is 6.42 Å². The summed E-state index contributed by atoms with van der Waals surface area (Å²) < 4.78 is 5.27. The van der Waals surface area contributed by atoms with Crippen LogP contribution >= 0.6 is 27.5 Å². The Labute approximate surface area is 118 Å². The molecule has 0 saturated carbocycles. The number of carbonyl (C=O) groups excluding carboxylic acids is 2. The Morgan fingerprint density at radius 3 is 2.72 bits per heavy atom. The van der Waals surface area contributed by atoms with Crippen LogP contribution in [0.4, 0.5) is 5.69 Å². The van der Waals surface area contributed by atoms with E-state index in [1.165, 1.54) is 7.11 Å². The summed E-state index contributed by atoms with van der Waals surface area (Å²) in [6.45, 7) is 0. The van der Waals surface area contributed by atoms with Crippen LogP contribution < -0.4 is 11.1 Å². The fourth-order valence-electron chi connectivity index (χ4n) is 1.32. The molecule has 0 bridgehead atoms. The Morgan fingerprint density at radius 1 is 1.56 bits per heavy atom. The number of nitrogens with one attached hydrogen (secondary N) is 1. The lowest BCUT2D eigenvalue weighted by atomic mass is 10.2. The molecule has 3 N–H and O–H groups in total. The third-order valence-corrected chi connectivity index (χ3v) is 3.37. The molecule has 98 valence electrons. The fraction of sp³-hybridized carbons (Fsp3) is 0.273. The van der Waals surface area contributed by atoms with Crippen LogP contribution in [0, 0.1) is 0 Å². The van der Waals surface area contributed by atoms with Crippen LogP contribution in [0.15, 0.2) is 22.7 Å². The zero-order valence-electron chi connectivity index (χ0n) is 9.57. The Morgan fingerprint density at radius 2 is 2.22 bits per heavy atom.